The number of H-pyrrole nitrogens is 1. The van der Waals surface area contributed by atoms with Gasteiger partial charge in [0.05, 0.1) is 6.54 Å². The van der Waals surface area contributed by atoms with Crippen molar-refractivity contribution < 1.29 is 4.79 Å². The molecule has 0 unspecified atom stereocenters. The first kappa shape index (κ1) is 12.2. The van der Waals surface area contributed by atoms with Crippen LogP contribution in [-0.4, -0.2) is 31.1 Å². The number of carbonyl (C=O) groups excluding carboxylic acids is 1. The molecule has 18 heavy (non-hydrogen) atoms. The van der Waals surface area contributed by atoms with Crippen LogP contribution in [0.2, 0.25) is 0 Å². The van der Waals surface area contributed by atoms with Crippen LogP contribution in [0.25, 0.3) is 0 Å². The van der Waals surface area contributed by atoms with Gasteiger partial charge < -0.3 is 5.32 Å². The molecule has 0 bridgehead atoms. The minimum atomic E-state index is -0.258. The normalized spacial score (nSPS) is 10.4. The van der Waals surface area contributed by atoms with Gasteiger partial charge in [0.15, 0.2) is 5.82 Å². The number of nitrogens with zero attached hydrogens (tertiary/aromatic N) is 4. The van der Waals surface area contributed by atoms with Gasteiger partial charge in [-0.1, -0.05) is 0 Å². The number of hydrogen-bond acceptors (Lipinski definition) is 5. The number of aryl methyl sites for hydroxylation is 3. The van der Waals surface area contributed by atoms with Crippen LogP contribution in [0.4, 0.5) is 0 Å². The van der Waals surface area contributed by atoms with E-state index in [0.29, 0.717) is 23.2 Å². The monoisotopic (exact) mass is 246 g/mol. The Morgan fingerprint density at radius 3 is 2.67 bits per heavy atom. The maximum Gasteiger partial charge on any atom is 0.270 e. The second-order valence-electron chi connectivity index (χ2n) is 3.96. The maximum atomic E-state index is 11.9. The molecule has 7 heteroatoms. The van der Waals surface area contributed by atoms with E-state index >= 15 is 0 Å². The molecule has 0 spiro atoms. The summed E-state index contributed by atoms with van der Waals surface area (Å²) in [6.07, 6.45) is 0. The predicted octanol–water partition coefficient (Wildman–Crippen LogP) is 0.450. The largest absolute Gasteiger partial charge is 0.343 e. The van der Waals surface area contributed by atoms with Crippen LogP contribution in [-0.2, 0) is 6.54 Å². The third kappa shape index (κ3) is 2.88. The highest BCUT2D eigenvalue weighted by atomic mass is 16.1. The van der Waals surface area contributed by atoms with E-state index in [-0.39, 0.29) is 12.5 Å². The molecule has 0 aliphatic heterocycles. The number of nitrogens with one attached hydrogen (secondary N) is 2. The third-order valence-electron chi connectivity index (χ3n) is 2.25. The molecule has 0 radical (unpaired) electrons. The molecule has 0 saturated heterocycles. The zero-order valence-electron chi connectivity index (χ0n) is 10.5. The van der Waals surface area contributed by atoms with Crippen LogP contribution in [0.5, 0.6) is 0 Å². The molecule has 0 aliphatic carbocycles. The molecule has 0 aromatic carbocycles. The first-order valence-corrected chi connectivity index (χ1v) is 5.53. The average molecular weight is 246 g/mol. The van der Waals surface area contributed by atoms with Gasteiger partial charge in [-0.15, -0.1) is 0 Å². The summed E-state index contributed by atoms with van der Waals surface area (Å²) in [4.78, 5) is 24.2. The summed E-state index contributed by atoms with van der Waals surface area (Å²) in [5.74, 6) is 1.58. The fourth-order valence-corrected chi connectivity index (χ4v) is 1.55. The van der Waals surface area contributed by atoms with Crippen LogP contribution < -0.4 is 5.32 Å². The molecule has 0 fully saturated rings. The molecule has 2 heterocycles. The first-order chi connectivity index (χ1) is 8.54. The summed E-state index contributed by atoms with van der Waals surface area (Å²) >= 11 is 0. The Labute approximate surface area is 104 Å². The van der Waals surface area contributed by atoms with E-state index in [1.807, 2.05) is 6.92 Å². The van der Waals surface area contributed by atoms with Crippen LogP contribution in [0.3, 0.4) is 0 Å². The second kappa shape index (κ2) is 4.91. The number of hydrogen-bond donors (Lipinski definition) is 2. The molecular weight excluding hydrogens is 232 g/mol. The van der Waals surface area contributed by atoms with E-state index < -0.39 is 0 Å². The molecular formula is C11H14N6O. The zero-order chi connectivity index (χ0) is 13.1. The van der Waals surface area contributed by atoms with Crippen molar-refractivity contribution in [2.24, 2.45) is 0 Å². The van der Waals surface area contributed by atoms with Crippen molar-refractivity contribution in [1.29, 1.82) is 0 Å². The van der Waals surface area contributed by atoms with Crippen molar-refractivity contribution >= 4 is 5.91 Å². The van der Waals surface area contributed by atoms with Crippen molar-refractivity contribution in [3.05, 3.63) is 34.9 Å². The molecule has 2 aromatic heterocycles. The fraction of sp³-hybridized carbons (Fsp3) is 0.364. The Bertz CT molecular complexity index is 556. The van der Waals surface area contributed by atoms with E-state index in [4.69, 9.17) is 0 Å². The van der Waals surface area contributed by atoms with Crippen molar-refractivity contribution in [2.45, 2.75) is 27.3 Å². The number of carbonyl (C=O) groups is 1. The molecule has 0 atom stereocenters. The first-order valence-electron chi connectivity index (χ1n) is 5.53. The van der Waals surface area contributed by atoms with E-state index in [0.717, 1.165) is 5.69 Å². The fourth-order valence-electron chi connectivity index (χ4n) is 1.55. The highest BCUT2D eigenvalue weighted by Gasteiger charge is 2.10. The summed E-state index contributed by atoms with van der Waals surface area (Å²) in [6.45, 7) is 5.65. The number of rotatable bonds is 3. The Morgan fingerprint density at radius 2 is 2.06 bits per heavy atom. The quantitative estimate of drug-likeness (QED) is 0.819. The highest BCUT2D eigenvalue weighted by Crippen LogP contribution is 2.00. The van der Waals surface area contributed by atoms with Gasteiger partial charge in [-0.25, -0.2) is 15.0 Å². The number of amides is 1. The molecule has 94 valence electrons. The molecule has 7 nitrogen and oxygen atoms in total. The van der Waals surface area contributed by atoms with Crippen molar-refractivity contribution in [1.82, 2.24) is 30.5 Å². The van der Waals surface area contributed by atoms with Gasteiger partial charge in [-0.2, -0.15) is 5.10 Å². The Morgan fingerprint density at radius 1 is 1.28 bits per heavy atom. The van der Waals surface area contributed by atoms with Crippen LogP contribution in [0.1, 0.15) is 33.7 Å². The summed E-state index contributed by atoms with van der Waals surface area (Å²) in [7, 11) is 0. The molecule has 1 amide bonds. The second-order valence-corrected chi connectivity index (χ2v) is 3.96. The standard InChI is InChI=1S/C11H14N6O/c1-6-4-9(14-7(2)13-6)11(18)12-5-10-15-8(3)16-17-10/h4H,5H2,1-3H3,(H,12,18)(H,15,16,17). The van der Waals surface area contributed by atoms with Crippen molar-refractivity contribution in [3.63, 3.8) is 0 Å². The summed E-state index contributed by atoms with van der Waals surface area (Å²) < 4.78 is 0. The molecule has 2 aromatic rings. The molecule has 2 rings (SSSR count). The van der Waals surface area contributed by atoms with Gasteiger partial charge >= 0.3 is 0 Å². The average Bonchev–Trinajstić information content (AvgIpc) is 2.70. The smallest absolute Gasteiger partial charge is 0.270 e. The lowest BCUT2D eigenvalue weighted by Gasteiger charge is -2.03. The Balaban J connectivity index is 2.03. The number of aromatic nitrogens is 5. The van der Waals surface area contributed by atoms with Crippen LogP contribution >= 0.6 is 0 Å². The molecule has 0 saturated carbocycles. The van der Waals surface area contributed by atoms with E-state index in [9.17, 15) is 4.79 Å². The van der Waals surface area contributed by atoms with Gasteiger partial charge in [0.2, 0.25) is 0 Å². The molecule has 0 aliphatic rings. The number of aromatic amines is 1. The summed E-state index contributed by atoms with van der Waals surface area (Å²) in [5, 5.41) is 9.35. The van der Waals surface area contributed by atoms with Crippen LogP contribution in [0.15, 0.2) is 6.07 Å². The Kier molecular flexibility index (Phi) is 3.31. The lowest BCUT2D eigenvalue weighted by Crippen LogP contribution is -2.25. The lowest BCUT2D eigenvalue weighted by molar-refractivity contribution is 0.0944. The summed E-state index contributed by atoms with van der Waals surface area (Å²) in [5.41, 5.74) is 1.12. The maximum absolute atomic E-state index is 11.9. The van der Waals surface area contributed by atoms with Gasteiger partial charge in [0, 0.05) is 5.69 Å². The van der Waals surface area contributed by atoms with E-state index in [1.54, 1.807) is 19.9 Å². The minimum Gasteiger partial charge on any atom is -0.343 e. The predicted molar refractivity (Wildman–Crippen MR) is 63.8 cm³/mol. The van der Waals surface area contributed by atoms with E-state index in [2.05, 4.69) is 30.5 Å². The SMILES string of the molecule is Cc1cc(C(=O)NCc2n[nH]c(C)n2)nc(C)n1. The van der Waals surface area contributed by atoms with Crippen molar-refractivity contribution in [2.75, 3.05) is 0 Å². The molecule has 2 N–H and O–H groups in total. The Hall–Kier alpha value is -2.31. The van der Waals surface area contributed by atoms with Gasteiger partial charge in [0.1, 0.15) is 17.3 Å². The highest BCUT2D eigenvalue weighted by molar-refractivity contribution is 5.92. The topological polar surface area (TPSA) is 96.5 Å². The summed E-state index contributed by atoms with van der Waals surface area (Å²) in [6, 6.07) is 1.64. The van der Waals surface area contributed by atoms with Gasteiger partial charge in [-0.3, -0.25) is 9.89 Å². The lowest BCUT2D eigenvalue weighted by atomic mass is 10.3. The van der Waals surface area contributed by atoms with Crippen molar-refractivity contribution in [3.8, 4) is 0 Å². The van der Waals surface area contributed by atoms with Gasteiger partial charge in [-0.05, 0) is 26.8 Å². The zero-order valence-corrected chi connectivity index (χ0v) is 10.5. The minimum absolute atomic E-state index is 0.258. The third-order valence-corrected chi connectivity index (χ3v) is 2.25. The van der Waals surface area contributed by atoms with Crippen LogP contribution in [0, 0.1) is 20.8 Å². The van der Waals surface area contributed by atoms with E-state index in [1.165, 1.54) is 0 Å². The van der Waals surface area contributed by atoms with Gasteiger partial charge in [0.25, 0.3) is 5.91 Å².